The molecule has 0 saturated heterocycles. The van der Waals surface area contributed by atoms with Crippen LogP contribution in [0.4, 0.5) is 0 Å². The van der Waals surface area contributed by atoms with Crippen molar-refractivity contribution in [3.8, 4) is 0 Å². The van der Waals surface area contributed by atoms with Crippen molar-refractivity contribution in [3.05, 3.63) is 12.2 Å². The van der Waals surface area contributed by atoms with E-state index in [1.807, 2.05) is 13.8 Å². The predicted molar refractivity (Wildman–Crippen MR) is 51.9 cm³/mol. The van der Waals surface area contributed by atoms with Crippen molar-refractivity contribution in [2.24, 2.45) is 0 Å². The van der Waals surface area contributed by atoms with E-state index in [4.69, 9.17) is 9.84 Å². The predicted octanol–water partition coefficient (Wildman–Crippen LogP) is 1.75. The minimum Gasteiger partial charge on any atom is -0.481 e. The molecule has 0 amide bonds. The number of hydrogen-bond acceptors (Lipinski definition) is 3. The molecule has 0 aliphatic carbocycles. The van der Waals surface area contributed by atoms with Gasteiger partial charge < -0.3 is 9.84 Å². The Kier molecular flexibility index (Phi) is 5.60. The van der Waals surface area contributed by atoms with Gasteiger partial charge in [-0.05, 0) is 12.8 Å². The van der Waals surface area contributed by atoms with Crippen LogP contribution in [0, 0.1) is 0 Å². The molecular formula is C10H16O4. The van der Waals surface area contributed by atoms with Crippen LogP contribution in [0.15, 0.2) is 12.2 Å². The van der Waals surface area contributed by atoms with E-state index >= 15 is 0 Å². The summed E-state index contributed by atoms with van der Waals surface area (Å²) in [7, 11) is 0. The lowest BCUT2D eigenvalue weighted by Crippen LogP contribution is -2.18. The molecule has 0 aromatic carbocycles. The molecule has 4 heteroatoms. The molecular weight excluding hydrogens is 184 g/mol. The van der Waals surface area contributed by atoms with Gasteiger partial charge in [0.05, 0.1) is 6.42 Å². The fourth-order valence-corrected chi connectivity index (χ4v) is 0.945. The van der Waals surface area contributed by atoms with Gasteiger partial charge >= 0.3 is 11.9 Å². The standard InChI is InChI=1S/C10H16O4/c1-4-8(5-2)14-10(13)7(3)6-9(11)12/h8H,3-6H2,1-2H3,(H,11,12). The number of rotatable bonds is 6. The first-order valence-corrected chi connectivity index (χ1v) is 4.61. The van der Waals surface area contributed by atoms with Gasteiger partial charge in [0.2, 0.25) is 0 Å². The Bertz CT molecular complexity index is 228. The third kappa shape index (κ3) is 4.64. The van der Waals surface area contributed by atoms with E-state index in [-0.39, 0.29) is 18.1 Å². The van der Waals surface area contributed by atoms with E-state index < -0.39 is 11.9 Å². The monoisotopic (exact) mass is 200 g/mol. The summed E-state index contributed by atoms with van der Waals surface area (Å²) in [6.45, 7) is 7.17. The van der Waals surface area contributed by atoms with Crippen LogP contribution in [0.1, 0.15) is 33.1 Å². The lowest BCUT2D eigenvalue weighted by molar-refractivity contribution is -0.147. The SMILES string of the molecule is C=C(CC(=O)O)C(=O)OC(CC)CC. The van der Waals surface area contributed by atoms with Gasteiger partial charge in [0.15, 0.2) is 0 Å². The molecule has 80 valence electrons. The third-order valence-corrected chi connectivity index (χ3v) is 1.84. The van der Waals surface area contributed by atoms with E-state index in [2.05, 4.69) is 6.58 Å². The topological polar surface area (TPSA) is 63.6 Å². The zero-order valence-electron chi connectivity index (χ0n) is 8.58. The molecule has 0 bridgehead atoms. The largest absolute Gasteiger partial charge is 0.481 e. The lowest BCUT2D eigenvalue weighted by atomic mass is 10.2. The molecule has 0 heterocycles. The molecule has 0 fully saturated rings. The third-order valence-electron chi connectivity index (χ3n) is 1.84. The Hall–Kier alpha value is -1.32. The molecule has 4 nitrogen and oxygen atoms in total. The first-order valence-electron chi connectivity index (χ1n) is 4.61. The Balaban J connectivity index is 4.06. The van der Waals surface area contributed by atoms with E-state index in [0.29, 0.717) is 0 Å². The van der Waals surface area contributed by atoms with Gasteiger partial charge in [-0.3, -0.25) is 4.79 Å². The van der Waals surface area contributed by atoms with E-state index in [9.17, 15) is 9.59 Å². The molecule has 0 aliphatic rings. The molecule has 0 aromatic heterocycles. The van der Waals surface area contributed by atoms with Crippen LogP contribution in [-0.4, -0.2) is 23.1 Å². The van der Waals surface area contributed by atoms with Gasteiger partial charge in [-0.1, -0.05) is 20.4 Å². The number of carboxylic acid groups (broad SMARTS) is 1. The van der Waals surface area contributed by atoms with Gasteiger partial charge in [-0.25, -0.2) is 4.79 Å². The summed E-state index contributed by atoms with van der Waals surface area (Å²) in [4.78, 5) is 21.5. The number of ether oxygens (including phenoxy) is 1. The highest BCUT2D eigenvalue weighted by molar-refractivity contribution is 5.92. The Morgan fingerprint density at radius 2 is 1.86 bits per heavy atom. The van der Waals surface area contributed by atoms with Crippen LogP contribution in [0.2, 0.25) is 0 Å². The number of aliphatic carboxylic acids is 1. The average Bonchev–Trinajstić information content (AvgIpc) is 2.12. The van der Waals surface area contributed by atoms with Crippen molar-refractivity contribution in [2.45, 2.75) is 39.2 Å². The summed E-state index contributed by atoms with van der Waals surface area (Å²) in [6.07, 6.45) is 0.942. The quantitative estimate of drug-likeness (QED) is 0.524. The summed E-state index contributed by atoms with van der Waals surface area (Å²) in [5, 5.41) is 8.41. The highest BCUT2D eigenvalue weighted by atomic mass is 16.5. The summed E-state index contributed by atoms with van der Waals surface area (Å²) in [5.41, 5.74) is -0.00981. The van der Waals surface area contributed by atoms with Crippen molar-refractivity contribution in [3.63, 3.8) is 0 Å². The molecule has 0 unspecified atom stereocenters. The van der Waals surface area contributed by atoms with Crippen LogP contribution in [-0.2, 0) is 14.3 Å². The van der Waals surface area contributed by atoms with Crippen LogP contribution in [0.5, 0.6) is 0 Å². The first kappa shape index (κ1) is 12.7. The van der Waals surface area contributed by atoms with Crippen molar-refractivity contribution in [1.82, 2.24) is 0 Å². The van der Waals surface area contributed by atoms with Crippen molar-refractivity contribution in [1.29, 1.82) is 0 Å². The number of esters is 1. The van der Waals surface area contributed by atoms with Crippen LogP contribution < -0.4 is 0 Å². The van der Waals surface area contributed by atoms with Crippen molar-refractivity contribution >= 4 is 11.9 Å². The summed E-state index contributed by atoms with van der Waals surface area (Å²) in [5.74, 6) is -1.68. The van der Waals surface area contributed by atoms with Crippen molar-refractivity contribution < 1.29 is 19.4 Å². The van der Waals surface area contributed by atoms with Gasteiger partial charge in [0.1, 0.15) is 6.10 Å². The van der Waals surface area contributed by atoms with E-state index in [0.717, 1.165) is 12.8 Å². The minimum atomic E-state index is -1.07. The molecule has 0 spiro atoms. The molecule has 0 atom stereocenters. The maximum Gasteiger partial charge on any atom is 0.334 e. The van der Waals surface area contributed by atoms with Crippen LogP contribution in [0.3, 0.4) is 0 Å². The number of carbonyl (C=O) groups is 2. The Morgan fingerprint density at radius 3 is 2.21 bits per heavy atom. The van der Waals surface area contributed by atoms with Crippen molar-refractivity contribution in [2.75, 3.05) is 0 Å². The maximum absolute atomic E-state index is 11.2. The molecule has 0 aliphatic heterocycles. The summed E-state index contributed by atoms with van der Waals surface area (Å²) in [6, 6.07) is 0. The molecule has 0 rings (SSSR count). The van der Waals surface area contributed by atoms with Gasteiger partial charge in [-0.15, -0.1) is 0 Å². The normalized spacial score (nSPS) is 9.93. The number of carbonyl (C=O) groups excluding carboxylic acids is 1. The second kappa shape index (κ2) is 6.18. The lowest BCUT2D eigenvalue weighted by Gasteiger charge is -2.14. The van der Waals surface area contributed by atoms with Gasteiger partial charge in [-0.2, -0.15) is 0 Å². The second-order valence-corrected chi connectivity index (χ2v) is 3.02. The summed E-state index contributed by atoms with van der Waals surface area (Å²) >= 11 is 0. The smallest absolute Gasteiger partial charge is 0.334 e. The molecule has 0 aromatic rings. The first-order chi connectivity index (χ1) is 6.51. The fraction of sp³-hybridized carbons (Fsp3) is 0.600. The zero-order chi connectivity index (χ0) is 11.1. The molecule has 0 radical (unpaired) electrons. The molecule has 14 heavy (non-hydrogen) atoms. The van der Waals surface area contributed by atoms with Crippen LogP contribution in [0.25, 0.3) is 0 Å². The Labute approximate surface area is 83.6 Å². The van der Waals surface area contributed by atoms with Crippen LogP contribution >= 0.6 is 0 Å². The summed E-state index contributed by atoms with van der Waals surface area (Å²) < 4.78 is 5.01. The van der Waals surface area contributed by atoms with E-state index in [1.165, 1.54) is 0 Å². The highest BCUT2D eigenvalue weighted by Gasteiger charge is 2.15. The minimum absolute atomic E-state index is 0.00981. The van der Waals surface area contributed by atoms with Gasteiger partial charge in [0, 0.05) is 5.57 Å². The molecule has 0 saturated carbocycles. The van der Waals surface area contributed by atoms with Gasteiger partial charge in [0.25, 0.3) is 0 Å². The average molecular weight is 200 g/mol. The molecule has 1 N–H and O–H groups in total. The second-order valence-electron chi connectivity index (χ2n) is 3.02. The Morgan fingerprint density at radius 1 is 1.36 bits per heavy atom. The zero-order valence-corrected chi connectivity index (χ0v) is 8.58. The number of carboxylic acids is 1. The fourth-order valence-electron chi connectivity index (χ4n) is 0.945. The number of hydrogen-bond donors (Lipinski definition) is 1. The van der Waals surface area contributed by atoms with E-state index in [1.54, 1.807) is 0 Å². The maximum atomic E-state index is 11.2. The highest BCUT2D eigenvalue weighted by Crippen LogP contribution is 2.08.